The van der Waals surface area contributed by atoms with Crippen LogP contribution in [0.5, 0.6) is 0 Å². The van der Waals surface area contributed by atoms with E-state index < -0.39 is 9.84 Å². The predicted octanol–water partition coefficient (Wildman–Crippen LogP) is 0.997. The smallest absolute Gasteiger partial charge is 0.151 e. The van der Waals surface area contributed by atoms with Gasteiger partial charge in [-0.05, 0) is 13.5 Å². The van der Waals surface area contributed by atoms with Crippen molar-refractivity contribution < 1.29 is 13.2 Å². The van der Waals surface area contributed by atoms with Gasteiger partial charge in [0.1, 0.15) is 0 Å². The van der Waals surface area contributed by atoms with Gasteiger partial charge in [-0.15, -0.1) is 11.6 Å². The summed E-state index contributed by atoms with van der Waals surface area (Å²) < 4.78 is 27.8. The highest BCUT2D eigenvalue weighted by Gasteiger charge is 2.13. The van der Waals surface area contributed by atoms with Crippen molar-refractivity contribution in [2.75, 3.05) is 45.4 Å². The third kappa shape index (κ3) is 8.33. The molecule has 98 valence electrons. The van der Waals surface area contributed by atoms with Crippen LogP contribution < -0.4 is 0 Å². The first kappa shape index (κ1) is 16.2. The molecule has 0 aliphatic rings. The maximum atomic E-state index is 11.5. The molecule has 0 saturated heterocycles. The van der Waals surface area contributed by atoms with E-state index in [1.165, 1.54) is 0 Å². The lowest BCUT2D eigenvalue weighted by molar-refractivity contribution is 0.184. The van der Waals surface area contributed by atoms with E-state index in [9.17, 15) is 8.42 Å². The number of sulfone groups is 1. The Morgan fingerprint density at radius 1 is 1.38 bits per heavy atom. The zero-order valence-electron chi connectivity index (χ0n) is 10.3. The highest BCUT2D eigenvalue weighted by Crippen LogP contribution is 2.00. The molecular weight excluding hydrogens is 250 g/mol. The molecule has 16 heavy (non-hydrogen) atoms. The lowest BCUT2D eigenvalue weighted by Crippen LogP contribution is -2.33. The van der Waals surface area contributed by atoms with Crippen LogP contribution in [0, 0.1) is 0 Å². The largest absolute Gasteiger partial charge is 0.383 e. The molecule has 0 radical (unpaired) electrons. The molecule has 1 atom stereocenters. The Labute approximate surface area is 104 Å². The lowest BCUT2D eigenvalue weighted by atomic mass is 10.4. The van der Waals surface area contributed by atoms with Crippen molar-refractivity contribution >= 4 is 21.4 Å². The van der Waals surface area contributed by atoms with E-state index >= 15 is 0 Å². The summed E-state index contributed by atoms with van der Waals surface area (Å²) in [5.74, 6) is 0.469. The number of hydrogen-bond donors (Lipinski definition) is 0. The molecule has 0 rings (SSSR count). The van der Waals surface area contributed by atoms with Gasteiger partial charge in [-0.1, -0.05) is 6.92 Å². The molecule has 0 bridgehead atoms. The monoisotopic (exact) mass is 271 g/mol. The number of alkyl halides is 1. The van der Waals surface area contributed by atoms with Crippen LogP contribution in [0.15, 0.2) is 0 Å². The molecule has 0 amide bonds. The molecule has 0 heterocycles. The topological polar surface area (TPSA) is 46.6 Å². The predicted molar refractivity (Wildman–Crippen MR) is 68.0 cm³/mol. The van der Waals surface area contributed by atoms with Gasteiger partial charge >= 0.3 is 0 Å². The number of hydrogen-bond acceptors (Lipinski definition) is 4. The molecule has 6 heteroatoms. The highest BCUT2D eigenvalue weighted by atomic mass is 35.5. The number of nitrogens with zero attached hydrogens (tertiary/aromatic N) is 1. The molecule has 0 spiro atoms. The minimum atomic E-state index is -2.89. The van der Waals surface area contributed by atoms with Crippen LogP contribution in [0.4, 0.5) is 0 Å². The van der Waals surface area contributed by atoms with Crippen molar-refractivity contribution in [1.29, 1.82) is 0 Å². The van der Waals surface area contributed by atoms with E-state index in [0.717, 1.165) is 0 Å². The minimum absolute atomic E-state index is 0.0936. The van der Waals surface area contributed by atoms with E-state index in [-0.39, 0.29) is 16.9 Å². The Hall–Kier alpha value is 0.160. The molecule has 0 saturated carbocycles. The first-order valence-electron chi connectivity index (χ1n) is 5.43. The van der Waals surface area contributed by atoms with E-state index in [2.05, 4.69) is 0 Å². The van der Waals surface area contributed by atoms with Gasteiger partial charge in [0.25, 0.3) is 0 Å². The third-order valence-electron chi connectivity index (χ3n) is 2.16. The van der Waals surface area contributed by atoms with E-state index in [4.69, 9.17) is 16.3 Å². The summed E-state index contributed by atoms with van der Waals surface area (Å²) in [7, 11) is 0.575. The van der Waals surface area contributed by atoms with Crippen LogP contribution in [-0.4, -0.2) is 64.1 Å². The van der Waals surface area contributed by atoms with Gasteiger partial charge in [0, 0.05) is 26.0 Å². The SMILES string of the molecule is CCCS(=O)(=O)CCN(C)CC(Cl)COC. The fourth-order valence-corrected chi connectivity index (χ4v) is 3.15. The fraction of sp³-hybridized carbons (Fsp3) is 1.00. The van der Waals surface area contributed by atoms with Crippen LogP contribution >= 0.6 is 11.6 Å². The summed E-state index contributed by atoms with van der Waals surface area (Å²) in [6.45, 7) is 3.51. The number of methoxy groups -OCH3 is 1. The summed E-state index contributed by atoms with van der Waals surface area (Å²) in [5.41, 5.74) is 0. The summed E-state index contributed by atoms with van der Waals surface area (Å²) >= 11 is 5.97. The molecule has 1 unspecified atom stereocenters. The van der Waals surface area contributed by atoms with E-state index in [0.29, 0.717) is 26.1 Å². The van der Waals surface area contributed by atoms with Gasteiger partial charge in [0.05, 0.1) is 17.7 Å². The second-order valence-corrected chi connectivity index (χ2v) is 6.89. The minimum Gasteiger partial charge on any atom is -0.383 e. The lowest BCUT2D eigenvalue weighted by Gasteiger charge is -2.19. The first-order chi connectivity index (χ1) is 7.41. The summed E-state index contributed by atoms with van der Waals surface area (Å²) in [5, 5.41) is -0.0936. The average Bonchev–Trinajstić information content (AvgIpc) is 2.15. The second-order valence-electron chi connectivity index (χ2n) is 3.97. The van der Waals surface area contributed by atoms with E-state index in [1.54, 1.807) is 7.11 Å². The number of rotatable bonds is 9. The molecule has 0 aliphatic carbocycles. The zero-order chi connectivity index (χ0) is 12.6. The Bertz CT molecular complexity index is 269. The second kappa shape index (κ2) is 8.28. The highest BCUT2D eigenvalue weighted by molar-refractivity contribution is 7.91. The summed E-state index contributed by atoms with van der Waals surface area (Å²) in [4.78, 5) is 1.92. The van der Waals surface area contributed by atoms with Crippen LogP contribution in [0.3, 0.4) is 0 Å². The average molecular weight is 272 g/mol. The number of halogens is 1. The van der Waals surface area contributed by atoms with Crippen LogP contribution in [0.25, 0.3) is 0 Å². The molecule has 0 aromatic carbocycles. The van der Waals surface area contributed by atoms with Crippen molar-refractivity contribution in [2.45, 2.75) is 18.7 Å². The molecule has 0 aromatic heterocycles. The Balaban J connectivity index is 3.84. The van der Waals surface area contributed by atoms with Gasteiger partial charge in [0.15, 0.2) is 9.84 Å². The van der Waals surface area contributed by atoms with Gasteiger partial charge in [0.2, 0.25) is 0 Å². The molecule has 0 N–H and O–H groups in total. The van der Waals surface area contributed by atoms with Crippen LogP contribution in [-0.2, 0) is 14.6 Å². The van der Waals surface area contributed by atoms with Gasteiger partial charge in [-0.3, -0.25) is 0 Å². The molecule has 0 aromatic rings. The Kier molecular flexibility index (Phi) is 8.36. The van der Waals surface area contributed by atoms with Crippen molar-refractivity contribution in [1.82, 2.24) is 4.90 Å². The number of ether oxygens (including phenoxy) is 1. The van der Waals surface area contributed by atoms with Gasteiger partial charge in [-0.2, -0.15) is 0 Å². The maximum Gasteiger partial charge on any atom is 0.151 e. The van der Waals surface area contributed by atoms with Crippen LogP contribution in [0.1, 0.15) is 13.3 Å². The third-order valence-corrected chi connectivity index (χ3v) is 4.26. The molecule has 4 nitrogen and oxygen atoms in total. The first-order valence-corrected chi connectivity index (χ1v) is 7.69. The normalized spacial score (nSPS) is 14.3. The zero-order valence-corrected chi connectivity index (χ0v) is 11.9. The maximum absolute atomic E-state index is 11.5. The molecule has 0 fully saturated rings. The summed E-state index contributed by atoms with van der Waals surface area (Å²) in [6.07, 6.45) is 0.674. The van der Waals surface area contributed by atoms with Crippen molar-refractivity contribution in [3.8, 4) is 0 Å². The van der Waals surface area contributed by atoms with E-state index in [1.807, 2.05) is 18.9 Å². The molecular formula is C10H22ClNO3S. The molecule has 0 aliphatic heterocycles. The standard InChI is InChI=1S/C10H22ClNO3S/c1-4-6-16(13,14)7-5-12(2)8-10(11)9-15-3/h10H,4-9H2,1-3H3. The van der Waals surface area contributed by atoms with Gasteiger partial charge in [-0.25, -0.2) is 8.42 Å². The van der Waals surface area contributed by atoms with Gasteiger partial charge < -0.3 is 9.64 Å². The van der Waals surface area contributed by atoms with Crippen LogP contribution in [0.2, 0.25) is 0 Å². The summed E-state index contributed by atoms with van der Waals surface area (Å²) in [6, 6.07) is 0. The van der Waals surface area contributed by atoms with Crippen molar-refractivity contribution in [2.24, 2.45) is 0 Å². The Morgan fingerprint density at radius 2 is 2.00 bits per heavy atom. The Morgan fingerprint density at radius 3 is 2.50 bits per heavy atom. The van der Waals surface area contributed by atoms with Crippen molar-refractivity contribution in [3.05, 3.63) is 0 Å². The quantitative estimate of drug-likeness (QED) is 0.587. The van der Waals surface area contributed by atoms with Crippen molar-refractivity contribution in [3.63, 3.8) is 0 Å². The fourth-order valence-electron chi connectivity index (χ4n) is 1.37.